The molecule has 2 heteroatoms. The summed E-state index contributed by atoms with van der Waals surface area (Å²) in [5.74, 6) is 0.719. The van der Waals surface area contributed by atoms with E-state index < -0.39 is 0 Å². The highest BCUT2D eigenvalue weighted by atomic mass is 14.9. The fourth-order valence-electron chi connectivity index (χ4n) is 7.71. The summed E-state index contributed by atoms with van der Waals surface area (Å²) >= 11 is 0. The molecule has 10 rings (SSSR count). The van der Waals surface area contributed by atoms with Crippen molar-refractivity contribution < 1.29 is 0 Å². The molecule has 0 bridgehead atoms. The molecule has 10 aromatic rings. The SMILES string of the molecule is c1ccc(-c2cccc(-c3cccc(-c4ccc(-c5ccc(-c6nc(-c7cccc8ccccc78)c7c(ccc8ccccc87)n6)cc5)cc4)c3)c2)cc1. The van der Waals surface area contributed by atoms with Crippen molar-refractivity contribution in [2.45, 2.75) is 0 Å². The third-order valence-electron chi connectivity index (χ3n) is 10.5. The fraction of sp³-hybridized carbons (Fsp3) is 0. The summed E-state index contributed by atoms with van der Waals surface area (Å²) < 4.78 is 0. The minimum Gasteiger partial charge on any atom is -0.228 e. The maximum Gasteiger partial charge on any atom is 0.160 e. The van der Waals surface area contributed by atoms with Crippen molar-refractivity contribution in [3.8, 4) is 67.2 Å². The topological polar surface area (TPSA) is 25.8 Å². The van der Waals surface area contributed by atoms with Gasteiger partial charge in [-0.1, -0.05) is 188 Å². The molecule has 1 heterocycles. The number of hydrogen-bond donors (Lipinski definition) is 0. The van der Waals surface area contributed by atoms with E-state index in [2.05, 4.69) is 206 Å². The van der Waals surface area contributed by atoms with E-state index in [9.17, 15) is 0 Å². The van der Waals surface area contributed by atoms with Crippen LogP contribution in [0.25, 0.3) is 99.6 Å². The van der Waals surface area contributed by atoms with E-state index >= 15 is 0 Å². The van der Waals surface area contributed by atoms with E-state index in [1.165, 1.54) is 55.1 Å². The van der Waals surface area contributed by atoms with Gasteiger partial charge in [-0.3, -0.25) is 0 Å². The normalized spacial score (nSPS) is 11.3. The third kappa shape index (κ3) is 5.81. The van der Waals surface area contributed by atoms with Gasteiger partial charge >= 0.3 is 0 Å². The molecule has 9 aromatic carbocycles. The highest BCUT2D eigenvalue weighted by molar-refractivity contribution is 6.15. The molecule has 0 saturated heterocycles. The summed E-state index contributed by atoms with van der Waals surface area (Å²) in [5, 5.41) is 5.80. The Labute approximate surface area is 314 Å². The summed E-state index contributed by atoms with van der Waals surface area (Å²) in [6.07, 6.45) is 0. The highest BCUT2D eigenvalue weighted by Gasteiger charge is 2.16. The van der Waals surface area contributed by atoms with Crippen LogP contribution in [0.15, 0.2) is 206 Å². The maximum absolute atomic E-state index is 5.33. The van der Waals surface area contributed by atoms with Crippen LogP contribution in [0.3, 0.4) is 0 Å². The molecule has 0 aliphatic heterocycles. The maximum atomic E-state index is 5.33. The van der Waals surface area contributed by atoms with Crippen molar-refractivity contribution >= 4 is 32.4 Å². The predicted octanol–water partition coefficient (Wildman–Crippen LogP) is 13.9. The minimum absolute atomic E-state index is 0.719. The molecule has 0 amide bonds. The molecule has 0 fully saturated rings. The standard InChI is InChI=1S/C52H34N2/c1-2-11-35(12-3-1)42-16-8-18-44(33-42)45-19-9-17-43(34-45)38-25-23-36(24-26-38)37-27-29-41(30-28-37)52-53-49-32-31-40-14-5-7-21-47(40)50(49)51(54-52)48-22-10-15-39-13-4-6-20-46(39)48/h1-34H. The number of benzene rings is 9. The first kappa shape index (κ1) is 31.6. The highest BCUT2D eigenvalue weighted by Crippen LogP contribution is 2.38. The Hall–Kier alpha value is -7.16. The summed E-state index contributed by atoms with van der Waals surface area (Å²) in [4.78, 5) is 10.5. The number of hydrogen-bond acceptors (Lipinski definition) is 2. The van der Waals surface area contributed by atoms with Crippen molar-refractivity contribution in [3.05, 3.63) is 206 Å². The van der Waals surface area contributed by atoms with Gasteiger partial charge in [0.1, 0.15) is 0 Å². The molecule has 0 saturated carbocycles. The summed E-state index contributed by atoms with van der Waals surface area (Å²) in [7, 11) is 0. The molecule has 0 unspecified atom stereocenters. The van der Waals surface area contributed by atoms with E-state index in [-0.39, 0.29) is 0 Å². The van der Waals surface area contributed by atoms with Crippen LogP contribution in [0.5, 0.6) is 0 Å². The van der Waals surface area contributed by atoms with E-state index in [0.29, 0.717) is 0 Å². The molecule has 0 aliphatic rings. The van der Waals surface area contributed by atoms with Crippen LogP contribution in [0, 0.1) is 0 Å². The first-order valence-electron chi connectivity index (χ1n) is 18.4. The molecule has 252 valence electrons. The van der Waals surface area contributed by atoms with Crippen LogP contribution < -0.4 is 0 Å². The summed E-state index contributed by atoms with van der Waals surface area (Å²) in [6, 6.07) is 73.4. The Morgan fingerprint density at radius 1 is 0.278 bits per heavy atom. The van der Waals surface area contributed by atoms with Gasteiger partial charge in [-0.25, -0.2) is 9.97 Å². The van der Waals surface area contributed by atoms with E-state index in [1.807, 2.05) is 0 Å². The van der Waals surface area contributed by atoms with E-state index in [0.717, 1.165) is 44.5 Å². The molecular formula is C52H34N2. The van der Waals surface area contributed by atoms with Gasteiger partial charge in [0.2, 0.25) is 0 Å². The molecule has 0 radical (unpaired) electrons. The number of nitrogens with zero attached hydrogens (tertiary/aromatic N) is 2. The van der Waals surface area contributed by atoms with Crippen LogP contribution in [-0.2, 0) is 0 Å². The number of fused-ring (bicyclic) bond motifs is 4. The van der Waals surface area contributed by atoms with Gasteiger partial charge in [0.25, 0.3) is 0 Å². The lowest BCUT2D eigenvalue weighted by Gasteiger charge is -2.14. The Bertz CT molecular complexity index is 2960. The lowest BCUT2D eigenvalue weighted by Crippen LogP contribution is -1.96. The van der Waals surface area contributed by atoms with E-state index in [1.54, 1.807) is 0 Å². The van der Waals surface area contributed by atoms with Crippen LogP contribution in [0.4, 0.5) is 0 Å². The second-order valence-corrected chi connectivity index (χ2v) is 13.8. The van der Waals surface area contributed by atoms with Gasteiger partial charge in [-0.2, -0.15) is 0 Å². The molecule has 54 heavy (non-hydrogen) atoms. The van der Waals surface area contributed by atoms with Gasteiger partial charge in [-0.05, 0) is 84.3 Å². The minimum atomic E-state index is 0.719. The lowest BCUT2D eigenvalue weighted by molar-refractivity contribution is 1.23. The zero-order valence-corrected chi connectivity index (χ0v) is 29.5. The average Bonchev–Trinajstić information content (AvgIpc) is 3.26. The van der Waals surface area contributed by atoms with E-state index in [4.69, 9.17) is 9.97 Å². The Morgan fingerprint density at radius 2 is 0.722 bits per heavy atom. The largest absolute Gasteiger partial charge is 0.228 e. The van der Waals surface area contributed by atoms with Crippen molar-refractivity contribution in [2.24, 2.45) is 0 Å². The van der Waals surface area contributed by atoms with Crippen molar-refractivity contribution in [1.29, 1.82) is 0 Å². The van der Waals surface area contributed by atoms with Gasteiger partial charge in [0, 0.05) is 16.5 Å². The second-order valence-electron chi connectivity index (χ2n) is 13.8. The quantitative estimate of drug-likeness (QED) is 0.163. The summed E-state index contributed by atoms with van der Waals surface area (Å²) in [5.41, 5.74) is 13.6. The first-order chi connectivity index (χ1) is 26.7. The average molecular weight is 687 g/mol. The monoisotopic (exact) mass is 686 g/mol. The Kier molecular flexibility index (Phi) is 7.85. The molecule has 0 aliphatic carbocycles. The second kappa shape index (κ2) is 13.4. The molecule has 0 atom stereocenters. The van der Waals surface area contributed by atoms with Crippen molar-refractivity contribution in [1.82, 2.24) is 9.97 Å². The van der Waals surface area contributed by atoms with Gasteiger partial charge in [-0.15, -0.1) is 0 Å². The zero-order valence-electron chi connectivity index (χ0n) is 29.5. The molecule has 2 nitrogen and oxygen atoms in total. The Morgan fingerprint density at radius 3 is 1.37 bits per heavy atom. The van der Waals surface area contributed by atoms with Crippen molar-refractivity contribution in [2.75, 3.05) is 0 Å². The van der Waals surface area contributed by atoms with Gasteiger partial charge in [0.05, 0.1) is 11.2 Å². The number of rotatable bonds is 6. The van der Waals surface area contributed by atoms with Crippen molar-refractivity contribution in [3.63, 3.8) is 0 Å². The Balaban J connectivity index is 0.973. The summed E-state index contributed by atoms with van der Waals surface area (Å²) in [6.45, 7) is 0. The predicted molar refractivity (Wildman–Crippen MR) is 227 cm³/mol. The number of aromatic nitrogens is 2. The third-order valence-corrected chi connectivity index (χ3v) is 10.5. The molecular weight excluding hydrogens is 653 g/mol. The van der Waals surface area contributed by atoms with Crippen LogP contribution >= 0.6 is 0 Å². The first-order valence-corrected chi connectivity index (χ1v) is 18.4. The van der Waals surface area contributed by atoms with Crippen LogP contribution in [0.2, 0.25) is 0 Å². The van der Waals surface area contributed by atoms with Gasteiger partial charge < -0.3 is 0 Å². The van der Waals surface area contributed by atoms with Crippen LogP contribution in [-0.4, -0.2) is 9.97 Å². The molecule has 0 N–H and O–H groups in total. The fourth-order valence-corrected chi connectivity index (χ4v) is 7.71. The molecule has 0 spiro atoms. The van der Waals surface area contributed by atoms with Crippen LogP contribution in [0.1, 0.15) is 0 Å². The lowest BCUT2D eigenvalue weighted by atomic mass is 9.95. The molecule has 1 aromatic heterocycles. The zero-order chi connectivity index (χ0) is 35.8. The van der Waals surface area contributed by atoms with Gasteiger partial charge in [0.15, 0.2) is 5.82 Å². The smallest absolute Gasteiger partial charge is 0.160 e.